The van der Waals surface area contributed by atoms with Crippen molar-refractivity contribution in [2.45, 2.75) is 56.5 Å². The molecule has 0 atom stereocenters. The number of benzene rings is 1. The van der Waals surface area contributed by atoms with Crippen LogP contribution in [0, 0.1) is 12.7 Å². The number of thioether (sulfide) groups is 1. The van der Waals surface area contributed by atoms with Crippen LogP contribution >= 0.6 is 23.1 Å². The SMILES string of the molecule is Cc1nn(-c2nc(N3CCN(C(C)(C)C)C(=O)C3)c(SC(C)C)s2)cc1-c1cccc(F)c1.O=C=O. The smallest absolute Gasteiger partial charge is 0.344 e. The van der Waals surface area contributed by atoms with Crippen LogP contribution in [0.3, 0.4) is 0 Å². The number of carbonyl (C=O) groups is 1. The lowest BCUT2D eigenvalue weighted by atomic mass is 10.0. The van der Waals surface area contributed by atoms with Gasteiger partial charge in [-0.1, -0.05) is 37.3 Å². The second-order valence-corrected chi connectivity index (χ2v) is 12.4. The fraction of sp³-hybridized carbons (Fsp3) is 0.440. The van der Waals surface area contributed by atoms with Crippen LogP contribution < -0.4 is 4.90 Å². The van der Waals surface area contributed by atoms with E-state index in [0.29, 0.717) is 18.3 Å². The highest BCUT2D eigenvalue weighted by Crippen LogP contribution is 2.40. The van der Waals surface area contributed by atoms with Crippen LogP contribution in [-0.2, 0) is 14.4 Å². The van der Waals surface area contributed by atoms with E-state index in [1.165, 1.54) is 12.1 Å². The van der Waals surface area contributed by atoms with Crippen LogP contribution in [-0.4, -0.2) is 62.1 Å². The molecule has 1 aliphatic rings. The van der Waals surface area contributed by atoms with Crippen molar-refractivity contribution >= 4 is 41.0 Å². The lowest BCUT2D eigenvalue weighted by Gasteiger charge is -2.42. The Hall–Kier alpha value is -3.01. The van der Waals surface area contributed by atoms with Gasteiger partial charge in [-0.3, -0.25) is 4.79 Å². The van der Waals surface area contributed by atoms with Gasteiger partial charge in [0.25, 0.3) is 0 Å². The molecule has 11 heteroatoms. The molecule has 0 N–H and O–H groups in total. The normalized spacial score (nSPS) is 14.1. The number of nitrogens with zero attached hydrogens (tertiary/aromatic N) is 5. The third-order valence-electron chi connectivity index (χ3n) is 5.47. The molecular formula is C25H30FN5O3S2. The molecule has 8 nitrogen and oxygen atoms in total. The molecule has 0 bridgehead atoms. The second kappa shape index (κ2) is 11.4. The van der Waals surface area contributed by atoms with E-state index in [1.807, 2.05) is 24.1 Å². The van der Waals surface area contributed by atoms with Crippen LogP contribution in [0.5, 0.6) is 0 Å². The van der Waals surface area contributed by atoms with Crippen molar-refractivity contribution in [3.63, 3.8) is 0 Å². The largest absolute Gasteiger partial charge is 0.373 e. The highest BCUT2D eigenvalue weighted by molar-refractivity contribution is 8.01. The van der Waals surface area contributed by atoms with Crippen LogP contribution in [0.25, 0.3) is 16.3 Å². The van der Waals surface area contributed by atoms with Gasteiger partial charge in [0.1, 0.15) is 10.0 Å². The summed E-state index contributed by atoms with van der Waals surface area (Å²) in [6.07, 6.45) is 2.15. The first-order chi connectivity index (χ1) is 16.9. The van der Waals surface area contributed by atoms with Gasteiger partial charge in [-0.2, -0.15) is 19.7 Å². The number of aryl methyl sites for hydroxylation is 1. The van der Waals surface area contributed by atoms with Crippen molar-refractivity contribution in [3.8, 4) is 16.3 Å². The molecule has 0 radical (unpaired) electrons. The first-order valence-electron chi connectivity index (χ1n) is 11.5. The number of hydrogen-bond donors (Lipinski definition) is 0. The van der Waals surface area contributed by atoms with E-state index < -0.39 is 0 Å². The molecule has 3 aromatic rings. The number of carbonyl (C=O) groups excluding carboxylic acids is 3. The molecule has 36 heavy (non-hydrogen) atoms. The Labute approximate surface area is 218 Å². The van der Waals surface area contributed by atoms with Crippen LogP contribution in [0.1, 0.15) is 40.3 Å². The minimum atomic E-state index is -0.272. The van der Waals surface area contributed by atoms with Gasteiger partial charge in [0.2, 0.25) is 11.0 Å². The highest BCUT2D eigenvalue weighted by atomic mass is 32.2. The molecule has 1 aromatic carbocycles. The van der Waals surface area contributed by atoms with Crippen LogP contribution in [0.2, 0.25) is 0 Å². The number of aromatic nitrogens is 3. The quantitative estimate of drug-likeness (QED) is 0.437. The van der Waals surface area contributed by atoms with Gasteiger partial charge in [-0.15, -0.1) is 11.8 Å². The van der Waals surface area contributed by atoms with E-state index in [4.69, 9.17) is 14.6 Å². The lowest BCUT2D eigenvalue weighted by Crippen LogP contribution is -2.57. The number of hydrogen-bond acceptors (Lipinski definition) is 8. The minimum Gasteiger partial charge on any atom is -0.344 e. The van der Waals surface area contributed by atoms with Crippen LogP contribution in [0.15, 0.2) is 34.7 Å². The summed E-state index contributed by atoms with van der Waals surface area (Å²) in [5.41, 5.74) is 2.28. The van der Waals surface area contributed by atoms with Crippen molar-refractivity contribution in [1.82, 2.24) is 19.7 Å². The summed E-state index contributed by atoms with van der Waals surface area (Å²) in [6, 6.07) is 6.54. The summed E-state index contributed by atoms with van der Waals surface area (Å²) < 4.78 is 16.6. The summed E-state index contributed by atoms with van der Waals surface area (Å²) in [4.78, 5) is 38.1. The Morgan fingerprint density at radius 3 is 2.47 bits per heavy atom. The first kappa shape index (κ1) is 27.6. The zero-order chi connectivity index (χ0) is 26.6. The maximum absolute atomic E-state index is 13.8. The third kappa shape index (κ3) is 6.40. The summed E-state index contributed by atoms with van der Waals surface area (Å²) in [5, 5.41) is 5.78. The zero-order valence-electron chi connectivity index (χ0n) is 21.2. The van der Waals surface area contributed by atoms with E-state index in [2.05, 4.69) is 44.6 Å². The molecule has 3 heterocycles. The molecule has 1 amide bonds. The summed E-state index contributed by atoms with van der Waals surface area (Å²) in [6.45, 7) is 14.1. The predicted molar refractivity (Wildman–Crippen MR) is 139 cm³/mol. The summed E-state index contributed by atoms with van der Waals surface area (Å²) in [5.74, 6) is 0.689. The Bertz CT molecular complexity index is 1260. The van der Waals surface area contributed by atoms with Gasteiger partial charge in [-0.05, 0) is 45.4 Å². The Kier molecular flexibility index (Phi) is 8.71. The van der Waals surface area contributed by atoms with E-state index in [9.17, 15) is 9.18 Å². The van der Waals surface area contributed by atoms with Crippen LogP contribution in [0.4, 0.5) is 10.2 Å². The van der Waals surface area contributed by atoms with Gasteiger partial charge in [0.15, 0.2) is 5.82 Å². The Balaban J connectivity index is 0.00000115. The van der Waals surface area contributed by atoms with E-state index >= 15 is 0 Å². The van der Waals surface area contributed by atoms with E-state index in [1.54, 1.807) is 33.8 Å². The monoisotopic (exact) mass is 531 g/mol. The average molecular weight is 532 g/mol. The fourth-order valence-corrected chi connectivity index (χ4v) is 6.39. The number of piperazine rings is 1. The molecule has 2 aromatic heterocycles. The standard InChI is InChI=1S/C24H30FN5OS2.CO2/c1-15(2)32-22-21(28-10-11-29(20(31)14-28)24(4,5)6)26-23(33-22)30-13-19(16(3)27-30)17-8-7-9-18(25)12-17;2-1-3/h7-9,12-13,15H,10-11,14H2,1-6H3;. The van der Waals surface area contributed by atoms with Gasteiger partial charge < -0.3 is 9.80 Å². The molecule has 1 fully saturated rings. The number of anilines is 1. The van der Waals surface area contributed by atoms with E-state index in [0.717, 1.165) is 38.5 Å². The summed E-state index contributed by atoms with van der Waals surface area (Å²) >= 11 is 3.32. The van der Waals surface area contributed by atoms with Crippen molar-refractivity contribution in [3.05, 3.63) is 42.0 Å². The molecule has 1 saturated heterocycles. The summed E-state index contributed by atoms with van der Waals surface area (Å²) in [7, 11) is 0. The lowest BCUT2D eigenvalue weighted by molar-refractivity contribution is -0.191. The number of halogens is 1. The van der Waals surface area contributed by atoms with Crippen molar-refractivity contribution in [1.29, 1.82) is 0 Å². The minimum absolute atomic E-state index is 0.118. The fourth-order valence-electron chi connectivity index (χ4n) is 3.94. The zero-order valence-corrected chi connectivity index (χ0v) is 22.9. The highest BCUT2D eigenvalue weighted by Gasteiger charge is 2.33. The number of amides is 1. The van der Waals surface area contributed by atoms with E-state index in [-0.39, 0.29) is 23.4 Å². The molecule has 0 spiro atoms. The Morgan fingerprint density at radius 1 is 1.19 bits per heavy atom. The average Bonchev–Trinajstić information content (AvgIpc) is 3.36. The molecular weight excluding hydrogens is 501 g/mol. The molecule has 4 rings (SSSR count). The number of thiazole rings is 1. The first-order valence-corrected chi connectivity index (χ1v) is 13.2. The van der Waals surface area contributed by atoms with Crippen molar-refractivity contribution < 1.29 is 18.8 Å². The maximum Gasteiger partial charge on any atom is 0.373 e. The predicted octanol–water partition coefficient (Wildman–Crippen LogP) is 4.81. The molecule has 0 saturated carbocycles. The van der Waals surface area contributed by atoms with Gasteiger partial charge in [0, 0.05) is 35.6 Å². The van der Waals surface area contributed by atoms with Gasteiger partial charge >= 0.3 is 6.15 Å². The molecule has 0 unspecified atom stereocenters. The molecule has 192 valence electrons. The maximum atomic E-state index is 13.8. The topological polar surface area (TPSA) is 88.4 Å². The Morgan fingerprint density at radius 2 is 1.89 bits per heavy atom. The van der Waals surface area contributed by atoms with Gasteiger partial charge in [-0.25, -0.2) is 9.07 Å². The third-order valence-corrected chi connectivity index (χ3v) is 7.71. The van der Waals surface area contributed by atoms with Crippen molar-refractivity contribution in [2.75, 3.05) is 24.5 Å². The second-order valence-electron chi connectivity index (χ2n) is 9.58. The number of rotatable bonds is 5. The van der Waals surface area contributed by atoms with Gasteiger partial charge in [0.05, 0.1) is 12.2 Å². The van der Waals surface area contributed by atoms with Crippen molar-refractivity contribution in [2.24, 2.45) is 0 Å². The molecule has 0 aliphatic carbocycles. The molecule has 1 aliphatic heterocycles.